The minimum absolute atomic E-state index is 0.0489. The molecule has 0 spiro atoms. The molecular weight excluding hydrogens is 393 g/mol. The molecule has 0 fully saturated rings. The van der Waals surface area contributed by atoms with Crippen LogP contribution in [0.5, 0.6) is 0 Å². The van der Waals surface area contributed by atoms with Crippen molar-refractivity contribution in [3.63, 3.8) is 0 Å². The minimum atomic E-state index is -1.14. The van der Waals surface area contributed by atoms with Crippen molar-refractivity contribution in [2.75, 3.05) is 5.32 Å². The van der Waals surface area contributed by atoms with Gasteiger partial charge in [0, 0.05) is 9.26 Å². The summed E-state index contributed by atoms with van der Waals surface area (Å²) in [5, 5.41) is 11.8. The van der Waals surface area contributed by atoms with Gasteiger partial charge in [0.25, 0.3) is 5.91 Å². The molecule has 0 heterocycles. The number of carbonyl (C=O) groups is 2. The highest BCUT2D eigenvalue weighted by atomic mass is 127. The third-order valence-electron chi connectivity index (χ3n) is 2.57. The second kappa shape index (κ2) is 6.23. The molecule has 0 aromatic heterocycles. The topological polar surface area (TPSA) is 66.4 Å². The summed E-state index contributed by atoms with van der Waals surface area (Å²) in [4.78, 5) is 23.1. The Balaban J connectivity index is 2.27. The lowest BCUT2D eigenvalue weighted by Crippen LogP contribution is -2.13. The fourth-order valence-electron chi connectivity index (χ4n) is 1.61. The van der Waals surface area contributed by atoms with Crippen LogP contribution < -0.4 is 5.32 Å². The zero-order chi connectivity index (χ0) is 14.7. The highest BCUT2D eigenvalue weighted by molar-refractivity contribution is 14.1. The van der Waals surface area contributed by atoms with Crippen LogP contribution in [0.25, 0.3) is 0 Å². The molecule has 2 aromatic carbocycles. The van der Waals surface area contributed by atoms with Gasteiger partial charge < -0.3 is 10.4 Å². The highest BCUT2D eigenvalue weighted by Gasteiger charge is 2.13. The van der Waals surface area contributed by atoms with Gasteiger partial charge >= 0.3 is 5.97 Å². The predicted octanol–water partition coefficient (Wildman–Crippen LogP) is 3.90. The molecule has 0 atom stereocenters. The van der Waals surface area contributed by atoms with E-state index in [1.54, 1.807) is 18.2 Å². The molecule has 0 saturated carbocycles. The van der Waals surface area contributed by atoms with Crippen LogP contribution in [-0.4, -0.2) is 17.0 Å². The molecule has 0 aliphatic heterocycles. The summed E-state index contributed by atoms with van der Waals surface area (Å²) in [6, 6.07) is 11.5. The van der Waals surface area contributed by atoms with E-state index in [4.69, 9.17) is 16.7 Å². The van der Waals surface area contributed by atoms with Gasteiger partial charge in [-0.3, -0.25) is 4.79 Å². The molecule has 0 radical (unpaired) electrons. The molecule has 102 valence electrons. The van der Waals surface area contributed by atoms with Gasteiger partial charge in [0.1, 0.15) is 0 Å². The number of carboxylic acid groups (broad SMARTS) is 1. The Morgan fingerprint density at radius 3 is 2.45 bits per heavy atom. The van der Waals surface area contributed by atoms with Crippen LogP contribution in [0, 0.1) is 3.57 Å². The third-order valence-corrected chi connectivity index (χ3v) is 3.84. The van der Waals surface area contributed by atoms with Crippen LogP contribution >= 0.6 is 34.2 Å². The van der Waals surface area contributed by atoms with E-state index in [1.165, 1.54) is 12.1 Å². The Morgan fingerprint density at radius 2 is 1.80 bits per heavy atom. The highest BCUT2D eigenvalue weighted by Crippen LogP contribution is 2.21. The fraction of sp³-hybridized carbons (Fsp3) is 0. The first-order valence-corrected chi connectivity index (χ1v) is 7.03. The van der Waals surface area contributed by atoms with Crippen molar-refractivity contribution >= 4 is 51.8 Å². The zero-order valence-corrected chi connectivity index (χ0v) is 13.0. The molecular formula is C14H9ClINO3. The van der Waals surface area contributed by atoms with Crippen LogP contribution in [0.3, 0.4) is 0 Å². The van der Waals surface area contributed by atoms with E-state index in [1.807, 2.05) is 12.1 Å². The van der Waals surface area contributed by atoms with Gasteiger partial charge in [-0.1, -0.05) is 23.7 Å². The molecule has 1 amide bonds. The molecule has 0 aliphatic carbocycles. The first-order chi connectivity index (χ1) is 9.49. The van der Waals surface area contributed by atoms with Gasteiger partial charge in [-0.15, -0.1) is 0 Å². The van der Waals surface area contributed by atoms with Crippen LogP contribution in [0.4, 0.5) is 5.69 Å². The number of hydrogen-bond donors (Lipinski definition) is 2. The standard InChI is InChI=1S/C14H9ClINO3/c15-11-6-5-8(7-10(11)14(19)20)17-13(18)9-3-1-2-4-12(9)16/h1-7H,(H,17,18)(H,19,20). The second-order valence-corrected chi connectivity index (χ2v) is 5.50. The summed E-state index contributed by atoms with van der Waals surface area (Å²) >= 11 is 7.84. The van der Waals surface area contributed by atoms with Gasteiger partial charge in [-0.05, 0) is 52.9 Å². The maximum Gasteiger partial charge on any atom is 0.337 e. The maximum absolute atomic E-state index is 12.1. The average Bonchev–Trinajstić information content (AvgIpc) is 2.41. The maximum atomic E-state index is 12.1. The van der Waals surface area contributed by atoms with Crippen molar-refractivity contribution in [1.29, 1.82) is 0 Å². The normalized spacial score (nSPS) is 10.1. The van der Waals surface area contributed by atoms with Crippen LogP contribution in [0.2, 0.25) is 5.02 Å². The van der Waals surface area contributed by atoms with Crippen LogP contribution in [0.1, 0.15) is 20.7 Å². The van der Waals surface area contributed by atoms with E-state index < -0.39 is 5.97 Å². The van der Waals surface area contributed by atoms with Crippen molar-refractivity contribution in [2.24, 2.45) is 0 Å². The van der Waals surface area contributed by atoms with E-state index in [0.29, 0.717) is 11.3 Å². The quantitative estimate of drug-likeness (QED) is 0.767. The smallest absolute Gasteiger partial charge is 0.337 e. The first-order valence-electron chi connectivity index (χ1n) is 5.58. The number of anilines is 1. The summed E-state index contributed by atoms with van der Waals surface area (Å²) in [7, 11) is 0. The molecule has 0 aliphatic rings. The largest absolute Gasteiger partial charge is 0.478 e. The third kappa shape index (κ3) is 3.29. The van der Waals surface area contributed by atoms with E-state index in [9.17, 15) is 9.59 Å². The Morgan fingerprint density at radius 1 is 1.10 bits per heavy atom. The number of halogens is 2. The number of carbonyl (C=O) groups excluding carboxylic acids is 1. The number of amides is 1. The monoisotopic (exact) mass is 401 g/mol. The molecule has 2 aromatic rings. The Labute approximate surface area is 133 Å². The Kier molecular flexibility index (Phi) is 4.61. The van der Waals surface area contributed by atoms with E-state index in [0.717, 1.165) is 3.57 Å². The number of nitrogens with one attached hydrogen (secondary N) is 1. The van der Waals surface area contributed by atoms with Crippen molar-refractivity contribution < 1.29 is 14.7 Å². The van der Waals surface area contributed by atoms with Gasteiger partial charge in [-0.2, -0.15) is 0 Å². The van der Waals surface area contributed by atoms with Gasteiger partial charge in [0.2, 0.25) is 0 Å². The number of hydrogen-bond acceptors (Lipinski definition) is 2. The molecule has 0 unspecified atom stereocenters. The summed E-state index contributed by atoms with van der Waals surface area (Å²) in [5.41, 5.74) is 0.864. The Hall–Kier alpha value is -1.60. The molecule has 2 rings (SSSR count). The van der Waals surface area contributed by atoms with Crippen molar-refractivity contribution in [1.82, 2.24) is 0 Å². The van der Waals surface area contributed by atoms with Crippen LogP contribution in [0.15, 0.2) is 42.5 Å². The van der Waals surface area contributed by atoms with Crippen LogP contribution in [-0.2, 0) is 0 Å². The number of aromatic carboxylic acids is 1. The predicted molar refractivity (Wildman–Crippen MR) is 85.5 cm³/mol. The zero-order valence-electron chi connectivity index (χ0n) is 10.1. The lowest BCUT2D eigenvalue weighted by Gasteiger charge is -2.08. The van der Waals surface area contributed by atoms with Crippen molar-refractivity contribution in [3.8, 4) is 0 Å². The summed E-state index contributed by atoms with van der Waals surface area (Å²) in [6.07, 6.45) is 0. The summed E-state index contributed by atoms with van der Waals surface area (Å²) in [6.45, 7) is 0. The molecule has 0 bridgehead atoms. The number of rotatable bonds is 3. The first kappa shape index (κ1) is 14.8. The second-order valence-electron chi connectivity index (χ2n) is 3.93. The van der Waals surface area contributed by atoms with Gasteiger partial charge in [-0.25, -0.2) is 4.79 Å². The van der Waals surface area contributed by atoms with E-state index in [-0.39, 0.29) is 16.5 Å². The minimum Gasteiger partial charge on any atom is -0.478 e. The van der Waals surface area contributed by atoms with E-state index >= 15 is 0 Å². The molecule has 4 nitrogen and oxygen atoms in total. The lowest BCUT2D eigenvalue weighted by molar-refractivity contribution is 0.0696. The van der Waals surface area contributed by atoms with Gasteiger partial charge in [0.05, 0.1) is 16.1 Å². The number of carboxylic acids is 1. The van der Waals surface area contributed by atoms with Crippen molar-refractivity contribution in [2.45, 2.75) is 0 Å². The summed E-state index contributed by atoms with van der Waals surface area (Å²) in [5.74, 6) is -1.44. The number of benzene rings is 2. The fourth-order valence-corrected chi connectivity index (χ4v) is 2.44. The molecule has 20 heavy (non-hydrogen) atoms. The molecule has 0 saturated heterocycles. The SMILES string of the molecule is O=C(O)c1cc(NC(=O)c2ccccc2I)ccc1Cl. The van der Waals surface area contributed by atoms with Gasteiger partial charge in [0.15, 0.2) is 0 Å². The lowest BCUT2D eigenvalue weighted by atomic mass is 10.1. The van der Waals surface area contributed by atoms with E-state index in [2.05, 4.69) is 27.9 Å². The van der Waals surface area contributed by atoms with Crippen molar-refractivity contribution in [3.05, 3.63) is 62.2 Å². The average molecular weight is 402 g/mol. The summed E-state index contributed by atoms with van der Waals surface area (Å²) < 4.78 is 0.815. The Bertz CT molecular complexity index is 688. The molecule has 6 heteroatoms. The molecule has 2 N–H and O–H groups in total.